The van der Waals surface area contributed by atoms with E-state index >= 15 is 0 Å². The molecule has 0 aromatic heterocycles. The molecule has 1 amide bonds. The van der Waals surface area contributed by atoms with E-state index in [1.165, 1.54) is 15.9 Å². The van der Waals surface area contributed by atoms with Crippen LogP contribution in [0.15, 0.2) is 36.4 Å². The Morgan fingerprint density at radius 1 is 1.13 bits per heavy atom. The molecule has 3 N–H and O–H groups in total. The zero-order chi connectivity index (χ0) is 21.1. The normalized spacial score (nSPS) is 21.2. The molecular weight excluding hydrogens is 389 g/mol. The molecule has 0 radical (unpaired) electrons. The second kappa shape index (κ2) is 8.89. The van der Waals surface area contributed by atoms with Gasteiger partial charge in [0, 0.05) is 11.8 Å². The van der Waals surface area contributed by atoms with Gasteiger partial charge in [0.2, 0.25) is 6.79 Å². The van der Waals surface area contributed by atoms with Crippen molar-refractivity contribution in [2.24, 2.45) is 0 Å². The zero-order valence-corrected chi connectivity index (χ0v) is 17.3. The van der Waals surface area contributed by atoms with Gasteiger partial charge in [0.25, 0.3) is 5.91 Å². The minimum Gasteiger partial charge on any atom is -0.496 e. The van der Waals surface area contributed by atoms with Crippen LogP contribution >= 0.6 is 0 Å². The van der Waals surface area contributed by atoms with E-state index in [1.54, 1.807) is 31.4 Å². The molecule has 4 rings (SSSR count). The van der Waals surface area contributed by atoms with Crippen molar-refractivity contribution in [1.82, 2.24) is 0 Å². The number of fused-ring (bicyclic) bond motifs is 1. The van der Waals surface area contributed by atoms with Crippen LogP contribution in [0.3, 0.4) is 0 Å². The molecule has 2 heterocycles. The molecule has 0 aliphatic carbocycles. The molecule has 1 fully saturated rings. The number of rotatable bonds is 6. The van der Waals surface area contributed by atoms with Crippen LogP contribution in [0.2, 0.25) is 0 Å². The lowest BCUT2D eigenvalue weighted by Gasteiger charge is -2.32. The summed E-state index contributed by atoms with van der Waals surface area (Å²) in [5.74, 6) is 1.80. The van der Waals surface area contributed by atoms with Gasteiger partial charge in [-0.2, -0.15) is 0 Å². The summed E-state index contributed by atoms with van der Waals surface area (Å²) in [5.41, 5.74) is 1.59. The van der Waals surface area contributed by atoms with Gasteiger partial charge in [-0.1, -0.05) is 0 Å². The highest BCUT2D eigenvalue weighted by molar-refractivity contribution is 5.94. The first-order valence-electron chi connectivity index (χ1n) is 10.2. The van der Waals surface area contributed by atoms with Crippen molar-refractivity contribution in [3.63, 3.8) is 0 Å². The van der Waals surface area contributed by atoms with Crippen LogP contribution in [0.1, 0.15) is 12.5 Å². The molecule has 160 valence electrons. The van der Waals surface area contributed by atoms with E-state index in [0.717, 1.165) is 37.5 Å². The first kappa shape index (κ1) is 20.4. The highest BCUT2D eigenvalue weighted by Crippen LogP contribution is 2.34. The van der Waals surface area contributed by atoms with Crippen molar-refractivity contribution >= 4 is 11.6 Å². The molecule has 2 aliphatic rings. The van der Waals surface area contributed by atoms with E-state index in [4.69, 9.17) is 14.2 Å². The number of hydrogen-bond acceptors (Lipinski definition) is 4. The summed E-state index contributed by atoms with van der Waals surface area (Å²) < 4.78 is 29.7. The van der Waals surface area contributed by atoms with Crippen LogP contribution < -0.4 is 29.3 Å². The van der Waals surface area contributed by atoms with E-state index in [9.17, 15) is 9.18 Å². The lowest BCUT2D eigenvalue weighted by atomic mass is 10.1. The number of piperazine rings is 1. The van der Waals surface area contributed by atoms with Crippen molar-refractivity contribution in [1.29, 1.82) is 0 Å². The second-order valence-electron chi connectivity index (χ2n) is 7.82. The van der Waals surface area contributed by atoms with Gasteiger partial charge in [-0.25, -0.2) is 4.39 Å². The van der Waals surface area contributed by atoms with Crippen molar-refractivity contribution in [2.45, 2.75) is 19.5 Å². The molecule has 7 nitrogen and oxygen atoms in total. The first-order valence-corrected chi connectivity index (χ1v) is 10.2. The summed E-state index contributed by atoms with van der Waals surface area (Å²) in [7, 11) is 1.61. The molecular formula is C22H28FN3O4+2. The number of carbonyl (C=O) groups is 1. The number of quaternary nitrogens is 2. The molecule has 1 saturated heterocycles. The monoisotopic (exact) mass is 417 g/mol. The quantitative estimate of drug-likeness (QED) is 0.613. The van der Waals surface area contributed by atoms with E-state index < -0.39 is 0 Å². The summed E-state index contributed by atoms with van der Waals surface area (Å²) in [4.78, 5) is 15.4. The second-order valence-corrected chi connectivity index (χ2v) is 7.82. The topological polar surface area (TPSA) is 65.7 Å². The smallest absolute Gasteiger partial charge is 0.282 e. The van der Waals surface area contributed by atoms with E-state index in [0.29, 0.717) is 23.7 Å². The van der Waals surface area contributed by atoms with Crippen molar-refractivity contribution in [3.8, 4) is 17.2 Å². The predicted molar refractivity (Wildman–Crippen MR) is 109 cm³/mol. The van der Waals surface area contributed by atoms with Crippen molar-refractivity contribution in [2.75, 3.05) is 45.4 Å². The molecule has 2 aromatic rings. The molecule has 0 spiro atoms. The Balaban J connectivity index is 1.30. The largest absolute Gasteiger partial charge is 0.496 e. The number of hydrogen-bond donors (Lipinski definition) is 3. The lowest BCUT2D eigenvalue weighted by molar-refractivity contribution is -1.02. The van der Waals surface area contributed by atoms with Gasteiger partial charge in [-0.3, -0.25) is 4.79 Å². The number of halogens is 1. The molecule has 2 aromatic carbocycles. The molecule has 30 heavy (non-hydrogen) atoms. The maximum atomic E-state index is 13.6. The highest BCUT2D eigenvalue weighted by atomic mass is 19.1. The van der Waals surface area contributed by atoms with E-state index in [1.807, 2.05) is 13.0 Å². The van der Waals surface area contributed by atoms with Gasteiger partial charge in [-0.05, 0) is 37.3 Å². The molecule has 0 bridgehead atoms. The van der Waals surface area contributed by atoms with Gasteiger partial charge < -0.3 is 29.3 Å². The zero-order valence-electron chi connectivity index (χ0n) is 17.3. The number of benzene rings is 2. The Labute approximate surface area is 175 Å². The summed E-state index contributed by atoms with van der Waals surface area (Å²) >= 11 is 0. The Kier molecular flexibility index (Phi) is 6.06. The summed E-state index contributed by atoms with van der Waals surface area (Å²) in [6.07, 6.45) is 0. The highest BCUT2D eigenvalue weighted by Gasteiger charge is 2.31. The van der Waals surface area contributed by atoms with Gasteiger partial charge in [-0.15, -0.1) is 0 Å². The van der Waals surface area contributed by atoms with E-state index in [2.05, 4.69) is 5.32 Å². The minimum absolute atomic E-state index is 0.0147. The fourth-order valence-corrected chi connectivity index (χ4v) is 4.10. The van der Waals surface area contributed by atoms with Gasteiger partial charge >= 0.3 is 0 Å². The molecule has 0 unspecified atom stereocenters. The molecule has 0 saturated carbocycles. The average Bonchev–Trinajstić information content (AvgIpc) is 3.22. The standard InChI is InChI=1S/C22H26FN3O4/c1-15(22(27)24-18-4-6-20-21(12-18)30-14-29-20)26-9-7-25(8-10-26)13-16-11-17(23)3-5-19(16)28-2/h3-6,11-12,15H,7-10,13-14H2,1-2H3,(H,24,27)/p+2/t15-/m1/s1. The maximum Gasteiger partial charge on any atom is 0.282 e. The van der Waals surface area contributed by atoms with Crippen molar-refractivity contribution < 1.29 is 33.2 Å². The Morgan fingerprint density at radius 3 is 2.67 bits per heavy atom. The number of nitrogens with one attached hydrogen (secondary N) is 3. The number of anilines is 1. The SMILES string of the molecule is COc1ccc(F)cc1C[NH+]1CC[NH+]([C@H](C)C(=O)Nc2ccc3c(c2)OCO3)CC1. The Morgan fingerprint density at radius 2 is 1.90 bits per heavy atom. The molecule has 1 atom stereocenters. The summed E-state index contributed by atoms with van der Waals surface area (Å²) in [6, 6.07) is 9.89. The molecule has 2 aliphatic heterocycles. The summed E-state index contributed by atoms with van der Waals surface area (Å²) in [6.45, 7) is 6.46. The van der Waals surface area contributed by atoms with Crippen LogP contribution in [0.4, 0.5) is 10.1 Å². The van der Waals surface area contributed by atoms with Gasteiger partial charge in [0.1, 0.15) is 44.3 Å². The van der Waals surface area contributed by atoms with Crippen LogP contribution in [0.5, 0.6) is 17.2 Å². The fraction of sp³-hybridized carbons (Fsp3) is 0.409. The lowest BCUT2D eigenvalue weighted by Crippen LogP contribution is -3.29. The average molecular weight is 417 g/mol. The third-order valence-corrected chi connectivity index (χ3v) is 5.93. The van der Waals surface area contributed by atoms with Gasteiger partial charge in [0.05, 0.1) is 12.7 Å². The van der Waals surface area contributed by atoms with E-state index in [-0.39, 0.29) is 24.6 Å². The number of methoxy groups -OCH3 is 1. The first-order chi connectivity index (χ1) is 14.5. The predicted octanol–water partition coefficient (Wildman–Crippen LogP) is -0.126. The molecule has 8 heteroatoms. The number of carbonyl (C=O) groups excluding carboxylic acids is 1. The Bertz CT molecular complexity index is 915. The summed E-state index contributed by atoms with van der Waals surface area (Å²) in [5, 5.41) is 2.98. The fourth-order valence-electron chi connectivity index (χ4n) is 4.10. The third kappa shape index (κ3) is 4.49. The van der Waals surface area contributed by atoms with Crippen LogP contribution in [-0.4, -0.2) is 52.0 Å². The van der Waals surface area contributed by atoms with Crippen LogP contribution in [-0.2, 0) is 11.3 Å². The number of amides is 1. The minimum atomic E-state index is -0.247. The van der Waals surface area contributed by atoms with Gasteiger partial charge in [0.15, 0.2) is 17.5 Å². The van der Waals surface area contributed by atoms with Crippen molar-refractivity contribution in [3.05, 3.63) is 47.8 Å². The van der Waals surface area contributed by atoms with Crippen LogP contribution in [0, 0.1) is 5.82 Å². The van der Waals surface area contributed by atoms with Crippen LogP contribution in [0.25, 0.3) is 0 Å². The maximum absolute atomic E-state index is 13.6. The number of ether oxygens (including phenoxy) is 3. The Hall–Kier alpha value is -2.84. The third-order valence-electron chi connectivity index (χ3n) is 5.93.